The Balaban J connectivity index is 2.40. The van der Waals surface area contributed by atoms with Crippen LogP contribution in [0.3, 0.4) is 0 Å². The first-order chi connectivity index (χ1) is 9.49. The lowest BCUT2D eigenvalue weighted by Crippen LogP contribution is -2.29. The summed E-state index contributed by atoms with van der Waals surface area (Å²) in [5.41, 5.74) is 10.7. The minimum absolute atomic E-state index is 0.371. The molecule has 0 heterocycles. The lowest BCUT2D eigenvalue weighted by Gasteiger charge is -2.21. The van der Waals surface area contributed by atoms with Crippen LogP contribution in [0, 0.1) is 20.8 Å². The van der Waals surface area contributed by atoms with Gasteiger partial charge in [0.25, 0.3) is 0 Å². The summed E-state index contributed by atoms with van der Waals surface area (Å²) >= 11 is 0. The molecule has 2 rings (SSSR count). The third kappa shape index (κ3) is 2.99. The first-order valence-corrected chi connectivity index (χ1v) is 6.67. The van der Waals surface area contributed by atoms with E-state index in [9.17, 15) is 4.79 Å². The maximum Gasteiger partial charge on any atom is 0.244 e. The van der Waals surface area contributed by atoms with Crippen LogP contribution < -0.4 is 11.1 Å². The number of amides is 1. The van der Waals surface area contributed by atoms with Crippen molar-refractivity contribution in [1.82, 2.24) is 0 Å². The molecule has 0 aliphatic heterocycles. The van der Waals surface area contributed by atoms with E-state index in [1.54, 1.807) is 0 Å². The molecule has 0 saturated carbocycles. The second-order valence-corrected chi connectivity index (χ2v) is 5.15. The number of nitrogens with one attached hydrogen (secondary N) is 1. The van der Waals surface area contributed by atoms with E-state index in [4.69, 9.17) is 5.73 Å². The van der Waals surface area contributed by atoms with Crippen LogP contribution in [0.25, 0.3) is 0 Å². The number of rotatable bonds is 4. The number of anilines is 1. The van der Waals surface area contributed by atoms with Crippen molar-refractivity contribution in [2.24, 2.45) is 5.73 Å². The molecule has 0 aromatic heterocycles. The molecule has 1 atom stereocenters. The number of primary amides is 1. The maximum atomic E-state index is 11.9. The van der Waals surface area contributed by atoms with Crippen molar-refractivity contribution in [3.8, 4) is 0 Å². The monoisotopic (exact) mass is 268 g/mol. The van der Waals surface area contributed by atoms with E-state index < -0.39 is 6.04 Å². The molecule has 0 radical (unpaired) electrons. The topological polar surface area (TPSA) is 55.1 Å². The fourth-order valence-electron chi connectivity index (χ4n) is 2.47. The quantitative estimate of drug-likeness (QED) is 0.894. The van der Waals surface area contributed by atoms with Crippen molar-refractivity contribution in [1.29, 1.82) is 0 Å². The summed E-state index contributed by atoms with van der Waals surface area (Å²) in [6, 6.07) is 13.4. The highest BCUT2D eigenvalue weighted by Gasteiger charge is 2.21. The van der Waals surface area contributed by atoms with Gasteiger partial charge in [0.15, 0.2) is 0 Å². The van der Waals surface area contributed by atoms with E-state index >= 15 is 0 Å². The average molecular weight is 268 g/mol. The van der Waals surface area contributed by atoms with Crippen LogP contribution >= 0.6 is 0 Å². The molecule has 0 saturated heterocycles. The van der Waals surface area contributed by atoms with Crippen LogP contribution in [0.15, 0.2) is 42.5 Å². The van der Waals surface area contributed by atoms with Gasteiger partial charge in [0.05, 0.1) is 0 Å². The summed E-state index contributed by atoms with van der Waals surface area (Å²) in [5.74, 6) is -0.371. The Bertz CT molecular complexity index is 614. The van der Waals surface area contributed by atoms with Crippen LogP contribution in [0.1, 0.15) is 28.3 Å². The Kier molecular flexibility index (Phi) is 4.08. The van der Waals surface area contributed by atoms with E-state index in [0.29, 0.717) is 0 Å². The lowest BCUT2D eigenvalue weighted by atomic mass is 9.95. The van der Waals surface area contributed by atoms with E-state index in [1.807, 2.05) is 63.2 Å². The summed E-state index contributed by atoms with van der Waals surface area (Å²) < 4.78 is 0. The number of aryl methyl sites for hydroxylation is 3. The fourth-order valence-corrected chi connectivity index (χ4v) is 2.47. The number of nitrogens with two attached hydrogens (primary N) is 1. The minimum atomic E-state index is -0.516. The molecule has 3 heteroatoms. The van der Waals surface area contributed by atoms with Crippen molar-refractivity contribution >= 4 is 11.6 Å². The van der Waals surface area contributed by atoms with E-state index in [1.165, 1.54) is 0 Å². The number of benzene rings is 2. The van der Waals surface area contributed by atoms with Gasteiger partial charge in [-0.05, 0) is 55.2 Å². The molecule has 1 amide bonds. The standard InChI is InChI=1S/C17H20N2O/c1-11-6-4-9-14(10-11)19-16(17(18)20)15-12(2)7-5-8-13(15)3/h4-10,16,19H,1-3H3,(H2,18,20). The predicted molar refractivity (Wildman–Crippen MR) is 82.7 cm³/mol. The molecule has 104 valence electrons. The SMILES string of the molecule is Cc1cccc(NC(C(N)=O)c2c(C)cccc2C)c1. The fraction of sp³-hybridized carbons (Fsp3) is 0.235. The third-order valence-electron chi connectivity index (χ3n) is 3.44. The molecule has 0 spiro atoms. The molecule has 0 aliphatic carbocycles. The number of hydrogen-bond acceptors (Lipinski definition) is 2. The summed E-state index contributed by atoms with van der Waals surface area (Å²) in [6.45, 7) is 6.01. The highest BCUT2D eigenvalue weighted by molar-refractivity contribution is 5.85. The number of hydrogen-bond donors (Lipinski definition) is 2. The zero-order valence-corrected chi connectivity index (χ0v) is 12.1. The van der Waals surface area contributed by atoms with Crippen molar-refractivity contribution < 1.29 is 4.79 Å². The van der Waals surface area contributed by atoms with Crippen LogP contribution in [-0.2, 0) is 4.79 Å². The second kappa shape index (κ2) is 5.78. The minimum Gasteiger partial charge on any atom is -0.370 e. The average Bonchev–Trinajstić information content (AvgIpc) is 2.37. The molecule has 2 aromatic carbocycles. The van der Waals surface area contributed by atoms with Gasteiger partial charge in [0.2, 0.25) is 5.91 Å². The molecular formula is C17H20N2O. The molecule has 2 aromatic rings. The van der Waals surface area contributed by atoms with Crippen LogP contribution in [0.5, 0.6) is 0 Å². The predicted octanol–water partition coefficient (Wildman–Crippen LogP) is 3.25. The van der Waals surface area contributed by atoms with Crippen molar-refractivity contribution in [3.05, 3.63) is 64.7 Å². The first kappa shape index (κ1) is 14.1. The van der Waals surface area contributed by atoms with Crippen LogP contribution in [0.2, 0.25) is 0 Å². The normalized spacial score (nSPS) is 11.9. The largest absolute Gasteiger partial charge is 0.370 e. The van der Waals surface area contributed by atoms with Gasteiger partial charge in [-0.1, -0.05) is 30.3 Å². The maximum absolute atomic E-state index is 11.9. The lowest BCUT2D eigenvalue weighted by molar-refractivity contribution is -0.118. The van der Waals surface area contributed by atoms with Gasteiger partial charge in [-0.3, -0.25) is 4.79 Å². The highest BCUT2D eigenvalue weighted by Crippen LogP contribution is 2.25. The van der Waals surface area contributed by atoms with Crippen molar-refractivity contribution in [2.75, 3.05) is 5.32 Å². The molecule has 3 nitrogen and oxygen atoms in total. The smallest absolute Gasteiger partial charge is 0.244 e. The van der Waals surface area contributed by atoms with Crippen molar-refractivity contribution in [2.45, 2.75) is 26.8 Å². The zero-order valence-electron chi connectivity index (χ0n) is 12.1. The van der Waals surface area contributed by atoms with Crippen LogP contribution in [-0.4, -0.2) is 5.91 Å². The van der Waals surface area contributed by atoms with Crippen LogP contribution in [0.4, 0.5) is 5.69 Å². The number of carbonyl (C=O) groups is 1. The Hall–Kier alpha value is -2.29. The molecule has 3 N–H and O–H groups in total. The summed E-state index contributed by atoms with van der Waals surface area (Å²) in [4.78, 5) is 11.9. The first-order valence-electron chi connectivity index (χ1n) is 6.67. The number of carbonyl (C=O) groups excluding carboxylic acids is 1. The van der Waals surface area contributed by atoms with Gasteiger partial charge in [0, 0.05) is 5.69 Å². The van der Waals surface area contributed by atoms with E-state index in [0.717, 1.165) is 27.9 Å². The second-order valence-electron chi connectivity index (χ2n) is 5.15. The highest BCUT2D eigenvalue weighted by atomic mass is 16.1. The van der Waals surface area contributed by atoms with E-state index in [2.05, 4.69) is 5.32 Å². The Morgan fingerprint density at radius 3 is 2.20 bits per heavy atom. The molecule has 20 heavy (non-hydrogen) atoms. The van der Waals surface area contributed by atoms with Gasteiger partial charge < -0.3 is 11.1 Å². The van der Waals surface area contributed by atoms with Crippen molar-refractivity contribution in [3.63, 3.8) is 0 Å². The Morgan fingerprint density at radius 2 is 1.65 bits per heavy atom. The molecular weight excluding hydrogens is 248 g/mol. The molecule has 0 bridgehead atoms. The van der Waals surface area contributed by atoms with Gasteiger partial charge >= 0.3 is 0 Å². The third-order valence-corrected chi connectivity index (χ3v) is 3.44. The Morgan fingerprint density at radius 1 is 1.05 bits per heavy atom. The molecule has 1 unspecified atom stereocenters. The Labute approximate surface area is 119 Å². The molecule has 0 aliphatic rings. The summed E-state index contributed by atoms with van der Waals surface area (Å²) in [6.07, 6.45) is 0. The molecule has 0 fully saturated rings. The van der Waals surface area contributed by atoms with E-state index in [-0.39, 0.29) is 5.91 Å². The van der Waals surface area contributed by atoms with Gasteiger partial charge in [-0.25, -0.2) is 0 Å². The van der Waals surface area contributed by atoms with Gasteiger partial charge in [-0.15, -0.1) is 0 Å². The zero-order chi connectivity index (χ0) is 14.7. The van der Waals surface area contributed by atoms with Gasteiger partial charge in [-0.2, -0.15) is 0 Å². The summed E-state index contributed by atoms with van der Waals surface area (Å²) in [7, 11) is 0. The summed E-state index contributed by atoms with van der Waals surface area (Å²) in [5, 5.41) is 3.24. The van der Waals surface area contributed by atoms with Gasteiger partial charge in [0.1, 0.15) is 6.04 Å².